The summed E-state index contributed by atoms with van der Waals surface area (Å²) < 4.78 is 0.946. The maximum atomic E-state index is 5.86. The molecule has 2 aromatic rings. The third-order valence-corrected chi connectivity index (χ3v) is 4.18. The number of nitrogens with two attached hydrogens (primary N) is 2. The highest BCUT2D eigenvalue weighted by atomic mass is 79.9. The van der Waals surface area contributed by atoms with Gasteiger partial charge >= 0.3 is 0 Å². The van der Waals surface area contributed by atoms with E-state index in [4.69, 9.17) is 34.7 Å². The monoisotopic (exact) mass is 372 g/mol. The van der Waals surface area contributed by atoms with E-state index in [1.54, 1.807) is 12.1 Å². The Kier molecular flexibility index (Phi) is 5.19. The van der Waals surface area contributed by atoms with E-state index in [9.17, 15) is 0 Å². The number of halogens is 3. The van der Waals surface area contributed by atoms with Gasteiger partial charge in [0.15, 0.2) is 0 Å². The zero-order chi connectivity index (χ0) is 14.7. The number of anilines is 2. The lowest BCUT2D eigenvalue weighted by Crippen LogP contribution is -1.87. The number of hydrogen-bond donors (Lipinski definition) is 2. The van der Waals surface area contributed by atoms with Gasteiger partial charge in [-0.3, -0.25) is 0 Å². The molecule has 0 aliphatic heterocycles. The van der Waals surface area contributed by atoms with E-state index in [0.29, 0.717) is 21.4 Å². The molecule has 1 aliphatic carbocycles. The summed E-state index contributed by atoms with van der Waals surface area (Å²) in [4.78, 5) is 0. The highest BCUT2D eigenvalue weighted by Gasteiger charge is 2.23. The topological polar surface area (TPSA) is 52.0 Å². The van der Waals surface area contributed by atoms with Crippen molar-refractivity contribution in [2.24, 2.45) is 0 Å². The highest BCUT2D eigenvalue weighted by molar-refractivity contribution is 9.10. The van der Waals surface area contributed by atoms with Crippen molar-refractivity contribution in [2.45, 2.75) is 18.8 Å². The van der Waals surface area contributed by atoms with E-state index in [1.807, 2.05) is 18.2 Å². The van der Waals surface area contributed by atoms with Gasteiger partial charge in [-0.1, -0.05) is 45.2 Å². The van der Waals surface area contributed by atoms with Crippen molar-refractivity contribution in [2.75, 3.05) is 11.5 Å². The van der Waals surface area contributed by atoms with Gasteiger partial charge in [0.05, 0.1) is 21.4 Å². The molecular weight excluding hydrogens is 359 g/mol. The summed E-state index contributed by atoms with van der Waals surface area (Å²) in [6, 6.07) is 11.3. The van der Waals surface area contributed by atoms with Crippen molar-refractivity contribution in [3.8, 4) is 0 Å². The van der Waals surface area contributed by atoms with Gasteiger partial charge in [-0.25, -0.2) is 0 Å². The highest BCUT2D eigenvalue weighted by Crippen LogP contribution is 2.41. The van der Waals surface area contributed by atoms with Crippen LogP contribution < -0.4 is 11.5 Å². The lowest BCUT2D eigenvalue weighted by Gasteiger charge is -2.00. The molecule has 0 spiro atoms. The average Bonchev–Trinajstić information content (AvgIpc) is 3.23. The van der Waals surface area contributed by atoms with Crippen LogP contribution in [0.3, 0.4) is 0 Å². The maximum absolute atomic E-state index is 5.86. The quantitative estimate of drug-likeness (QED) is 0.649. The summed E-state index contributed by atoms with van der Waals surface area (Å²) in [5.41, 5.74) is 13.6. The van der Waals surface area contributed by atoms with Crippen molar-refractivity contribution < 1.29 is 0 Å². The second-order valence-corrected chi connectivity index (χ2v) is 6.45. The Balaban J connectivity index is 0.000000151. The Bertz CT molecular complexity index is 613. The van der Waals surface area contributed by atoms with Crippen molar-refractivity contribution in [3.05, 3.63) is 56.5 Å². The average molecular weight is 374 g/mol. The molecule has 0 heterocycles. The second kappa shape index (κ2) is 6.70. The summed E-state index contributed by atoms with van der Waals surface area (Å²) in [6.45, 7) is 0. The molecule has 0 atom stereocenters. The van der Waals surface area contributed by atoms with Crippen LogP contribution in [0.2, 0.25) is 10.0 Å². The van der Waals surface area contributed by atoms with Crippen molar-refractivity contribution >= 4 is 50.5 Å². The van der Waals surface area contributed by atoms with Crippen molar-refractivity contribution in [1.29, 1.82) is 0 Å². The molecule has 0 unspecified atom stereocenters. The lowest BCUT2D eigenvalue weighted by atomic mass is 10.1. The van der Waals surface area contributed by atoms with Gasteiger partial charge in [0.1, 0.15) is 0 Å². The van der Waals surface area contributed by atoms with Crippen LogP contribution in [0.15, 0.2) is 40.9 Å². The van der Waals surface area contributed by atoms with Gasteiger partial charge in [0, 0.05) is 4.47 Å². The smallest absolute Gasteiger partial charge is 0.0646 e. The van der Waals surface area contributed by atoms with Gasteiger partial charge in [-0.2, -0.15) is 0 Å². The third-order valence-electron chi connectivity index (χ3n) is 3.04. The number of nitrogen functional groups attached to an aromatic ring is 2. The van der Waals surface area contributed by atoms with Gasteiger partial charge < -0.3 is 11.5 Å². The van der Waals surface area contributed by atoms with E-state index in [1.165, 1.54) is 18.4 Å². The van der Waals surface area contributed by atoms with Crippen LogP contribution in [0.4, 0.5) is 11.4 Å². The standard InChI is InChI=1S/C9H10ClN.C6H5BrClN/c10-8-5-7(6-1-2-6)3-4-9(8)11;7-4-1-2-6(9)5(8)3-4/h3-6H,1-2,11H2;1-3H,9H2. The first-order chi connectivity index (χ1) is 9.47. The van der Waals surface area contributed by atoms with Crippen LogP contribution in [0.1, 0.15) is 24.3 Å². The fourth-order valence-electron chi connectivity index (χ4n) is 1.72. The molecule has 106 valence electrons. The normalized spacial score (nSPS) is 13.6. The van der Waals surface area contributed by atoms with Crippen LogP contribution in [0.5, 0.6) is 0 Å². The maximum Gasteiger partial charge on any atom is 0.0646 e. The first-order valence-electron chi connectivity index (χ1n) is 6.23. The molecule has 2 nitrogen and oxygen atoms in total. The molecule has 0 radical (unpaired) electrons. The molecule has 3 rings (SSSR count). The molecular formula is C15H15BrCl2N2. The Morgan fingerprint density at radius 1 is 0.900 bits per heavy atom. The van der Waals surface area contributed by atoms with E-state index >= 15 is 0 Å². The molecule has 1 saturated carbocycles. The SMILES string of the molecule is Nc1ccc(Br)cc1Cl.Nc1ccc(C2CC2)cc1Cl. The summed E-state index contributed by atoms with van der Waals surface area (Å²) in [5, 5.41) is 1.28. The van der Waals surface area contributed by atoms with E-state index in [0.717, 1.165) is 10.4 Å². The molecule has 1 fully saturated rings. The minimum absolute atomic E-state index is 0.587. The molecule has 5 heteroatoms. The van der Waals surface area contributed by atoms with E-state index < -0.39 is 0 Å². The number of hydrogen-bond acceptors (Lipinski definition) is 2. The Morgan fingerprint density at radius 2 is 1.45 bits per heavy atom. The van der Waals surface area contributed by atoms with Gasteiger partial charge in [0.2, 0.25) is 0 Å². The molecule has 4 N–H and O–H groups in total. The zero-order valence-electron chi connectivity index (χ0n) is 10.7. The number of benzene rings is 2. The Labute approximate surface area is 137 Å². The van der Waals surface area contributed by atoms with Crippen LogP contribution in [0, 0.1) is 0 Å². The van der Waals surface area contributed by atoms with E-state index in [-0.39, 0.29) is 0 Å². The van der Waals surface area contributed by atoms with Crippen LogP contribution in [-0.4, -0.2) is 0 Å². The first kappa shape index (κ1) is 15.5. The van der Waals surface area contributed by atoms with Crippen molar-refractivity contribution in [1.82, 2.24) is 0 Å². The minimum Gasteiger partial charge on any atom is -0.398 e. The largest absolute Gasteiger partial charge is 0.398 e. The predicted octanol–water partition coefficient (Wildman–Crippen LogP) is 5.48. The van der Waals surface area contributed by atoms with Crippen molar-refractivity contribution in [3.63, 3.8) is 0 Å². The van der Waals surface area contributed by atoms with Crippen LogP contribution >= 0.6 is 39.1 Å². The Hall–Kier alpha value is -0.900. The van der Waals surface area contributed by atoms with Crippen LogP contribution in [0.25, 0.3) is 0 Å². The Morgan fingerprint density at radius 3 is 1.90 bits per heavy atom. The summed E-state index contributed by atoms with van der Waals surface area (Å²) >= 11 is 14.8. The minimum atomic E-state index is 0.587. The van der Waals surface area contributed by atoms with Crippen LogP contribution in [-0.2, 0) is 0 Å². The fourth-order valence-corrected chi connectivity index (χ4v) is 2.58. The lowest BCUT2D eigenvalue weighted by molar-refractivity contribution is 1.13. The first-order valence-corrected chi connectivity index (χ1v) is 7.77. The second-order valence-electron chi connectivity index (χ2n) is 4.72. The fraction of sp³-hybridized carbons (Fsp3) is 0.200. The zero-order valence-corrected chi connectivity index (χ0v) is 13.8. The number of rotatable bonds is 1. The summed E-state index contributed by atoms with van der Waals surface area (Å²) in [7, 11) is 0. The van der Waals surface area contributed by atoms with E-state index in [2.05, 4.69) is 22.0 Å². The van der Waals surface area contributed by atoms with Gasteiger partial charge in [0.25, 0.3) is 0 Å². The predicted molar refractivity (Wildman–Crippen MR) is 91.4 cm³/mol. The molecule has 0 bridgehead atoms. The molecule has 1 aliphatic rings. The third kappa shape index (κ3) is 4.30. The van der Waals surface area contributed by atoms with Gasteiger partial charge in [-0.15, -0.1) is 0 Å². The summed E-state index contributed by atoms with van der Waals surface area (Å²) in [6.07, 6.45) is 2.61. The molecule has 0 saturated heterocycles. The molecule has 0 amide bonds. The molecule has 20 heavy (non-hydrogen) atoms. The van der Waals surface area contributed by atoms with Gasteiger partial charge in [-0.05, 0) is 54.7 Å². The summed E-state index contributed by atoms with van der Waals surface area (Å²) in [5.74, 6) is 0.757. The molecule has 0 aromatic heterocycles. The molecule has 2 aromatic carbocycles.